The molecule has 0 aliphatic heterocycles. The fraction of sp³-hybridized carbons (Fsp3) is 0.769. The maximum atomic E-state index is 6.60. The van der Waals surface area contributed by atoms with Gasteiger partial charge >= 0.3 is 0 Å². The van der Waals surface area contributed by atoms with Crippen LogP contribution in [0.2, 0.25) is 0 Å². The van der Waals surface area contributed by atoms with Gasteiger partial charge in [0.2, 0.25) is 0 Å². The summed E-state index contributed by atoms with van der Waals surface area (Å²) in [6.45, 7) is 6.69. The van der Waals surface area contributed by atoms with Crippen molar-refractivity contribution in [3.63, 3.8) is 0 Å². The van der Waals surface area contributed by atoms with Gasteiger partial charge in [0.1, 0.15) is 0 Å². The first kappa shape index (κ1) is 12.1. The molecule has 3 unspecified atom stereocenters. The average molecular weight is 238 g/mol. The minimum atomic E-state index is -0.0258. The summed E-state index contributed by atoms with van der Waals surface area (Å²) in [6.07, 6.45) is 4.71. The van der Waals surface area contributed by atoms with E-state index in [9.17, 15) is 0 Å². The number of hydrogen-bond acceptors (Lipinski definition) is 3. The lowest BCUT2D eigenvalue weighted by Crippen LogP contribution is -2.52. The second-order valence-electron chi connectivity index (χ2n) is 5.45. The highest BCUT2D eigenvalue weighted by molar-refractivity contribution is 7.09. The second-order valence-corrected chi connectivity index (χ2v) is 6.39. The third-order valence-electron chi connectivity index (χ3n) is 4.21. The van der Waals surface area contributed by atoms with Gasteiger partial charge in [-0.15, -0.1) is 11.3 Å². The van der Waals surface area contributed by atoms with E-state index in [0.717, 1.165) is 24.5 Å². The maximum Gasteiger partial charge on any atom is 0.0946 e. The molecular weight excluding hydrogens is 216 g/mol. The van der Waals surface area contributed by atoms with E-state index in [4.69, 9.17) is 5.73 Å². The summed E-state index contributed by atoms with van der Waals surface area (Å²) in [4.78, 5) is 4.55. The number of aromatic nitrogens is 1. The molecule has 1 heterocycles. The first-order valence-electron chi connectivity index (χ1n) is 6.21. The van der Waals surface area contributed by atoms with Crippen LogP contribution < -0.4 is 5.73 Å². The summed E-state index contributed by atoms with van der Waals surface area (Å²) in [7, 11) is 0. The Labute approximate surface area is 102 Å². The molecule has 3 atom stereocenters. The van der Waals surface area contributed by atoms with E-state index < -0.39 is 0 Å². The van der Waals surface area contributed by atoms with Crippen LogP contribution in [0.3, 0.4) is 0 Å². The van der Waals surface area contributed by atoms with Gasteiger partial charge in [-0.1, -0.05) is 26.7 Å². The Hall–Kier alpha value is -0.410. The monoisotopic (exact) mass is 238 g/mol. The Balaban J connectivity index is 2.12. The Morgan fingerprint density at radius 1 is 1.56 bits per heavy atom. The van der Waals surface area contributed by atoms with Crippen LogP contribution >= 0.6 is 11.3 Å². The lowest BCUT2D eigenvalue weighted by molar-refractivity contribution is 0.143. The molecule has 0 aromatic carbocycles. The largest absolute Gasteiger partial charge is 0.324 e. The molecular formula is C13H22N2S. The predicted octanol–water partition coefficient (Wildman–Crippen LogP) is 3.15. The third-order valence-corrected chi connectivity index (χ3v) is 5.18. The van der Waals surface area contributed by atoms with Crippen LogP contribution in [0, 0.1) is 18.8 Å². The van der Waals surface area contributed by atoms with Crippen LogP contribution in [-0.4, -0.2) is 10.5 Å². The number of aryl methyl sites for hydroxylation is 1. The SMILES string of the molecule is Cc1csc(CC2(N)CCCC(C)C2C)n1. The molecule has 2 N–H and O–H groups in total. The molecule has 1 fully saturated rings. The van der Waals surface area contributed by atoms with E-state index in [2.05, 4.69) is 31.1 Å². The molecule has 0 spiro atoms. The summed E-state index contributed by atoms with van der Waals surface area (Å²) >= 11 is 1.75. The van der Waals surface area contributed by atoms with Crippen molar-refractivity contribution < 1.29 is 0 Å². The lowest BCUT2D eigenvalue weighted by Gasteiger charge is -2.43. The molecule has 2 rings (SSSR count). The minimum absolute atomic E-state index is 0.0258. The van der Waals surface area contributed by atoms with Gasteiger partial charge in [-0.25, -0.2) is 4.98 Å². The maximum absolute atomic E-state index is 6.60. The zero-order valence-electron chi connectivity index (χ0n) is 10.5. The highest BCUT2D eigenvalue weighted by atomic mass is 32.1. The highest BCUT2D eigenvalue weighted by Crippen LogP contribution is 2.38. The standard InChI is InChI=1S/C13H22N2S/c1-9-5-4-6-13(14,11(9)3)7-12-15-10(2)8-16-12/h8-9,11H,4-7,14H2,1-3H3. The van der Waals surface area contributed by atoms with Crippen molar-refractivity contribution in [2.45, 2.75) is 52.0 Å². The topological polar surface area (TPSA) is 38.9 Å². The van der Waals surface area contributed by atoms with Crippen LogP contribution in [-0.2, 0) is 6.42 Å². The highest BCUT2D eigenvalue weighted by Gasteiger charge is 2.38. The fourth-order valence-corrected chi connectivity index (χ4v) is 3.72. The predicted molar refractivity (Wildman–Crippen MR) is 69.7 cm³/mol. The molecule has 1 aliphatic carbocycles. The number of nitrogens with two attached hydrogens (primary N) is 1. The van der Waals surface area contributed by atoms with Crippen molar-refractivity contribution in [2.24, 2.45) is 17.6 Å². The Morgan fingerprint density at radius 2 is 2.31 bits per heavy atom. The van der Waals surface area contributed by atoms with Crippen LogP contribution in [0.5, 0.6) is 0 Å². The molecule has 0 amide bonds. The van der Waals surface area contributed by atoms with Crippen molar-refractivity contribution in [1.29, 1.82) is 0 Å². The van der Waals surface area contributed by atoms with Crippen molar-refractivity contribution >= 4 is 11.3 Å². The zero-order chi connectivity index (χ0) is 11.8. The Morgan fingerprint density at radius 3 is 2.94 bits per heavy atom. The van der Waals surface area contributed by atoms with E-state index >= 15 is 0 Å². The average Bonchev–Trinajstić information content (AvgIpc) is 2.60. The zero-order valence-corrected chi connectivity index (χ0v) is 11.3. The van der Waals surface area contributed by atoms with Gasteiger partial charge in [-0.2, -0.15) is 0 Å². The van der Waals surface area contributed by atoms with Crippen LogP contribution in [0.1, 0.15) is 43.8 Å². The second kappa shape index (κ2) is 4.46. The molecule has 16 heavy (non-hydrogen) atoms. The molecule has 1 aromatic rings. The normalized spacial score (nSPS) is 35.2. The van der Waals surface area contributed by atoms with Gasteiger partial charge < -0.3 is 5.73 Å². The molecule has 0 radical (unpaired) electrons. The first-order valence-corrected chi connectivity index (χ1v) is 7.09. The quantitative estimate of drug-likeness (QED) is 0.859. The molecule has 0 saturated heterocycles. The molecule has 1 aliphatic rings. The van der Waals surface area contributed by atoms with Gasteiger partial charge in [0, 0.05) is 23.0 Å². The van der Waals surface area contributed by atoms with E-state index in [0.29, 0.717) is 5.92 Å². The molecule has 1 aromatic heterocycles. The van der Waals surface area contributed by atoms with Crippen LogP contribution in [0.15, 0.2) is 5.38 Å². The number of thiazole rings is 1. The van der Waals surface area contributed by atoms with Crippen LogP contribution in [0.4, 0.5) is 0 Å². The van der Waals surface area contributed by atoms with Crippen molar-refractivity contribution in [2.75, 3.05) is 0 Å². The summed E-state index contributed by atoms with van der Waals surface area (Å²) in [6, 6.07) is 0. The van der Waals surface area contributed by atoms with Gasteiger partial charge in [0.05, 0.1) is 5.01 Å². The smallest absolute Gasteiger partial charge is 0.0946 e. The summed E-state index contributed by atoms with van der Waals surface area (Å²) < 4.78 is 0. The summed E-state index contributed by atoms with van der Waals surface area (Å²) in [5, 5.41) is 3.33. The molecule has 90 valence electrons. The van der Waals surface area contributed by atoms with Crippen molar-refractivity contribution in [3.05, 3.63) is 16.1 Å². The van der Waals surface area contributed by atoms with E-state index in [1.165, 1.54) is 17.8 Å². The number of rotatable bonds is 2. The Bertz CT molecular complexity index is 361. The molecule has 1 saturated carbocycles. The van der Waals surface area contributed by atoms with E-state index in [1.807, 2.05) is 0 Å². The molecule has 0 bridgehead atoms. The van der Waals surface area contributed by atoms with Gasteiger partial charge in [0.15, 0.2) is 0 Å². The third kappa shape index (κ3) is 2.30. The van der Waals surface area contributed by atoms with Gasteiger partial charge in [-0.05, 0) is 25.2 Å². The van der Waals surface area contributed by atoms with Gasteiger partial charge in [-0.3, -0.25) is 0 Å². The van der Waals surface area contributed by atoms with Gasteiger partial charge in [0.25, 0.3) is 0 Å². The lowest BCUT2D eigenvalue weighted by atomic mass is 9.67. The first-order chi connectivity index (χ1) is 7.51. The summed E-state index contributed by atoms with van der Waals surface area (Å²) in [5.41, 5.74) is 7.70. The number of hydrogen-bond donors (Lipinski definition) is 1. The summed E-state index contributed by atoms with van der Waals surface area (Å²) in [5.74, 6) is 1.35. The number of nitrogens with zero attached hydrogens (tertiary/aromatic N) is 1. The van der Waals surface area contributed by atoms with Crippen LogP contribution in [0.25, 0.3) is 0 Å². The van der Waals surface area contributed by atoms with E-state index in [1.54, 1.807) is 11.3 Å². The fourth-order valence-electron chi connectivity index (χ4n) is 2.81. The van der Waals surface area contributed by atoms with E-state index in [-0.39, 0.29) is 5.54 Å². The molecule has 2 nitrogen and oxygen atoms in total. The Kier molecular flexibility index (Phi) is 3.36. The van der Waals surface area contributed by atoms with Crippen molar-refractivity contribution in [1.82, 2.24) is 4.98 Å². The minimum Gasteiger partial charge on any atom is -0.324 e. The molecule has 3 heteroatoms. The van der Waals surface area contributed by atoms with Crippen molar-refractivity contribution in [3.8, 4) is 0 Å².